The molecule has 0 fully saturated rings. The molecule has 3 rings (SSSR count). The zero-order valence-electron chi connectivity index (χ0n) is 15.7. The first-order valence-corrected chi connectivity index (χ1v) is 9.18. The number of amides is 2. The molecule has 0 atom stereocenters. The molecule has 0 heterocycles. The van der Waals surface area contributed by atoms with Gasteiger partial charge in [-0.3, -0.25) is 9.59 Å². The molecule has 0 aliphatic heterocycles. The quantitative estimate of drug-likeness (QED) is 0.865. The lowest BCUT2D eigenvalue weighted by Crippen LogP contribution is -2.40. The molecule has 0 aromatic heterocycles. The lowest BCUT2D eigenvalue weighted by Gasteiger charge is -2.20. The number of carbonyl (C=O) groups excluding carboxylic acids is 2. The van der Waals surface area contributed by atoms with Crippen LogP contribution in [-0.4, -0.2) is 17.4 Å². The fourth-order valence-electron chi connectivity index (χ4n) is 3.28. The predicted molar refractivity (Wildman–Crippen MR) is 105 cm³/mol. The number of hydrogen-bond donors (Lipinski definition) is 2. The van der Waals surface area contributed by atoms with Crippen molar-refractivity contribution in [1.82, 2.24) is 5.32 Å². The van der Waals surface area contributed by atoms with Crippen molar-refractivity contribution >= 4 is 17.5 Å². The Morgan fingerprint density at radius 3 is 2.12 bits per heavy atom. The second-order valence-corrected chi connectivity index (χ2v) is 7.89. The number of rotatable bonds is 3. The lowest BCUT2D eigenvalue weighted by molar-refractivity contribution is 0.0918. The minimum Gasteiger partial charge on any atom is -0.347 e. The van der Waals surface area contributed by atoms with Crippen molar-refractivity contribution in [3.05, 3.63) is 64.7 Å². The summed E-state index contributed by atoms with van der Waals surface area (Å²) in [6.45, 7) is 5.81. The molecule has 0 saturated heterocycles. The van der Waals surface area contributed by atoms with Gasteiger partial charge in [-0.15, -0.1) is 0 Å². The fourth-order valence-corrected chi connectivity index (χ4v) is 3.28. The average Bonchev–Trinajstić information content (AvgIpc) is 2.61. The summed E-state index contributed by atoms with van der Waals surface area (Å²) >= 11 is 0. The molecular formula is C22H26N2O2. The first-order chi connectivity index (χ1) is 12.3. The van der Waals surface area contributed by atoms with Crippen molar-refractivity contribution in [2.75, 3.05) is 5.32 Å². The summed E-state index contributed by atoms with van der Waals surface area (Å²) in [5.41, 5.74) is 4.30. The van der Waals surface area contributed by atoms with Gasteiger partial charge in [-0.1, -0.05) is 12.1 Å². The average molecular weight is 350 g/mol. The summed E-state index contributed by atoms with van der Waals surface area (Å²) in [6.07, 6.45) is 4.47. The van der Waals surface area contributed by atoms with E-state index in [1.54, 1.807) is 24.3 Å². The number of aryl methyl sites for hydroxylation is 1. The maximum absolute atomic E-state index is 12.6. The standard InChI is InChI=1S/C22H26N2O2/c1-22(2,3)24-21(26)17-13-11-16(12-14-17)20(25)23-19-10-6-8-15-7-4-5-9-18(15)19/h6,8,10-14H,4-5,7,9H2,1-3H3,(H,23,25)(H,24,26). The van der Waals surface area contributed by atoms with Crippen molar-refractivity contribution in [3.63, 3.8) is 0 Å². The Kier molecular flexibility index (Phi) is 5.12. The van der Waals surface area contributed by atoms with Gasteiger partial charge >= 0.3 is 0 Å². The van der Waals surface area contributed by atoms with Gasteiger partial charge in [-0.05, 0) is 87.9 Å². The molecular weight excluding hydrogens is 324 g/mol. The monoisotopic (exact) mass is 350 g/mol. The number of nitrogens with one attached hydrogen (secondary N) is 2. The van der Waals surface area contributed by atoms with E-state index < -0.39 is 0 Å². The highest BCUT2D eigenvalue weighted by Crippen LogP contribution is 2.28. The highest BCUT2D eigenvalue weighted by Gasteiger charge is 2.17. The van der Waals surface area contributed by atoms with Crippen LogP contribution in [0.25, 0.3) is 0 Å². The fraction of sp³-hybridized carbons (Fsp3) is 0.364. The van der Waals surface area contributed by atoms with Crippen LogP contribution in [0.2, 0.25) is 0 Å². The Bertz CT molecular complexity index is 817. The first kappa shape index (κ1) is 18.2. The summed E-state index contributed by atoms with van der Waals surface area (Å²) in [5, 5.41) is 5.95. The summed E-state index contributed by atoms with van der Waals surface area (Å²) in [6, 6.07) is 12.9. The molecule has 4 heteroatoms. The number of carbonyl (C=O) groups is 2. The van der Waals surface area contributed by atoms with Crippen LogP contribution in [0.1, 0.15) is 65.5 Å². The Labute approximate surface area is 155 Å². The number of fused-ring (bicyclic) bond motifs is 1. The molecule has 2 amide bonds. The van der Waals surface area contributed by atoms with E-state index in [1.165, 1.54) is 17.5 Å². The maximum Gasteiger partial charge on any atom is 0.255 e. The molecule has 0 unspecified atom stereocenters. The van der Waals surface area contributed by atoms with E-state index in [0.717, 1.165) is 24.9 Å². The van der Waals surface area contributed by atoms with Crippen LogP contribution in [-0.2, 0) is 12.8 Å². The highest BCUT2D eigenvalue weighted by molar-refractivity contribution is 6.05. The third kappa shape index (κ3) is 4.31. The van der Waals surface area contributed by atoms with Crippen molar-refractivity contribution in [2.45, 2.75) is 52.0 Å². The highest BCUT2D eigenvalue weighted by atomic mass is 16.2. The smallest absolute Gasteiger partial charge is 0.255 e. The molecule has 0 saturated carbocycles. The molecule has 2 aromatic carbocycles. The predicted octanol–water partition coefficient (Wildman–Crippen LogP) is 4.35. The largest absolute Gasteiger partial charge is 0.347 e. The third-order valence-corrected chi connectivity index (χ3v) is 4.54. The first-order valence-electron chi connectivity index (χ1n) is 9.18. The lowest BCUT2D eigenvalue weighted by atomic mass is 9.90. The molecule has 0 bridgehead atoms. The second kappa shape index (κ2) is 7.32. The zero-order valence-corrected chi connectivity index (χ0v) is 15.7. The number of anilines is 1. The van der Waals surface area contributed by atoms with Gasteiger partial charge in [0.25, 0.3) is 11.8 Å². The normalized spacial score (nSPS) is 13.7. The van der Waals surface area contributed by atoms with Crippen molar-refractivity contribution < 1.29 is 9.59 Å². The summed E-state index contributed by atoms with van der Waals surface area (Å²) in [5.74, 6) is -0.284. The van der Waals surface area contributed by atoms with Crippen molar-refractivity contribution in [1.29, 1.82) is 0 Å². The molecule has 26 heavy (non-hydrogen) atoms. The van der Waals surface area contributed by atoms with E-state index >= 15 is 0 Å². The molecule has 2 N–H and O–H groups in total. The zero-order chi connectivity index (χ0) is 18.7. The van der Waals surface area contributed by atoms with E-state index in [-0.39, 0.29) is 17.4 Å². The van der Waals surface area contributed by atoms with Gasteiger partial charge < -0.3 is 10.6 Å². The number of benzene rings is 2. The van der Waals surface area contributed by atoms with Gasteiger partial charge in [-0.25, -0.2) is 0 Å². The summed E-state index contributed by atoms with van der Waals surface area (Å²) in [4.78, 5) is 24.8. The van der Waals surface area contributed by atoms with E-state index in [9.17, 15) is 9.59 Å². The molecule has 1 aliphatic rings. The van der Waals surface area contributed by atoms with Crippen LogP contribution >= 0.6 is 0 Å². The number of hydrogen-bond acceptors (Lipinski definition) is 2. The maximum atomic E-state index is 12.6. The Morgan fingerprint density at radius 2 is 1.46 bits per heavy atom. The van der Waals surface area contributed by atoms with Crippen LogP contribution in [0.4, 0.5) is 5.69 Å². The molecule has 2 aromatic rings. The van der Waals surface area contributed by atoms with Crippen molar-refractivity contribution in [2.24, 2.45) is 0 Å². The van der Waals surface area contributed by atoms with Crippen molar-refractivity contribution in [3.8, 4) is 0 Å². The molecule has 4 nitrogen and oxygen atoms in total. The molecule has 0 spiro atoms. The van der Waals surface area contributed by atoms with Crippen LogP contribution in [0.15, 0.2) is 42.5 Å². The van der Waals surface area contributed by atoms with Gasteiger partial charge in [0.1, 0.15) is 0 Å². The van der Waals surface area contributed by atoms with Crippen LogP contribution < -0.4 is 10.6 Å². The van der Waals surface area contributed by atoms with Crippen LogP contribution in [0.3, 0.4) is 0 Å². The Balaban J connectivity index is 1.72. The topological polar surface area (TPSA) is 58.2 Å². The summed E-state index contributed by atoms with van der Waals surface area (Å²) < 4.78 is 0. The van der Waals surface area contributed by atoms with Gasteiger partial charge in [0.15, 0.2) is 0 Å². The van der Waals surface area contributed by atoms with Crippen LogP contribution in [0.5, 0.6) is 0 Å². The van der Waals surface area contributed by atoms with Gasteiger partial charge in [0.05, 0.1) is 0 Å². The van der Waals surface area contributed by atoms with E-state index in [1.807, 2.05) is 32.9 Å². The minimum atomic E-state index is -0.292. The molecule has 1 aliphatic carbocycles. The van der Waals surface area contributed by atoms with Gasteiger partial charge in [-0.2, -0.15) is 0 Å². The second-order valence-electron chi connectivity index (χ2n) is 7.89. The Morgan fingerprint density at radius 1 is 0.846 bits per heavy atom. The van der Waals surface area contributed by atoms with Gasteiger partial charge in [0.2, 0.25) is 0 Å². The van der Waals surface area contributed by atoms with Crippen LogP contribution in [0, 0.1) is 0 Å². The minimum absolute atomic E-state index is 0.137. The van der Waals surface area contributed by atoms with E-state index in [0.29, 0.717) is 11.1 Å². The molecule has 0 radical (unpaired) electrons. The Hall–Kier alpha value is -2.62. The molecule has 136 valence electrons. The summed E-state index contributed by atoms with van der Waals surface area (Å²) in [7, 11) is 0. The van der Waals surface area contributed by atoms with E-state index in [2.05, 4.69) is 16.7 Å². The SMILES string of the molecule is CC(C)(C)NC(=O)c1ccc(C(=O)Nc2cccc3c2CCCC3)cc1. The van der Waals surface area contributed by atoms with E-state index in [4.69, 9.17) is 0 Å². The van der Waals surface area contributed by atoms with Gasteiger partial charge in [0, 0.05) is 22.4 Å². The third-order valence-electron chi connectivity index (χ3n) is 4.54.